The summed E-state index contributed by atoms with van der Waals surface area (Å²) in [4.78, 5) is 0.471. The van der Waals surface area contributed by atoms with Gasteiger partial charge in [-0.25, -0.2) is 8.78 Å². The van der Waals surface area contributed by atoms with E-state index >= 15 is 0 Å². The Bertz CT molecular complexity index is 590. The van der Waals surface area contributed by atoms with Crippen LogP contribution in [0.4, 0.5) is 8.78 Å². The molecule has 2 N–H and O–H groups in total. The van der Waals surface area contributed by atoms with Crippen molar-refractivity contribution in [2.45, 2.75) is 37.5 Å². The van der Waals surface area contributed by atoms with E-state index < -0.39 is 12.3 Å². The first-order valence-corrected chi connectivity index (χ1v) is 8.03. The van der Waals surface area contributed by atoms with E-state index in [9.17, 15) is 8.78 Å². The average Bonchev–Trinajstić information content (AvgIpc) is 2.83. The molecule has 4 aliphatic carbocycles. The first-order valence-electron chi connectivity index (χ1n) is 7.62. The summed E-state index contributed by atoms with van der Waals surface area (Å²) in [5, 5.41) is 0. The van der Waals surface area contributed by atoms with Crippen molar-refractivity contribution in [2.75, 3.05) is 0 Å². The van der Waals surface area contributed by atoms with Gasteiger partial charge in [-0.2, -0.15) is 0 Å². The molecule has 4 fully saturated rings. The van der Waals surface area contributed by atoms with Crippen LogP contribution in [0.1, 0.15) is 31.2 Å². The van der Waals surface area contributed by atoms with Crippen molar-refractivity contribution in [3.05, 3.63) is 35.9 Å². The Morgan fingerprint density at radius 1 is 1.19 bits per heavy atom. The van der Waals surface area contributed by atoms with Crippen molar-refractivity contribution < 1.29 is 8.78 Å². The summed E-state index contributed by atoms with van der Waals surface area (Å²) >= 11 is 5.33. The van der Waals surface area contributed by atoms with E-state index in [0.717, 1.165) is 25.7 Å². The third-order valence-corrected chi connectivity index (χ3v) is 6.84. The Morgan fingerprint density at radius 3 is 2.52 bits per heavy atom. The van der Waals surface area contributed by atoms with Crippen LogP contribution in [0.15, 0.2) is 30.3 Å². The molecule has 21 heavy (non-hydrogen) atoms. The second-order valence-electron chi connectivity index (χ2n) is 7.23. The van der Waals surface area contributed by atoms with Gasteiger partial charge < -0.3 is 5.73 Å². The fourth-order valence-corrected chi connectivity index (χ4v) is 6.14. The first kappa shape index (κ1) is 13.6. The van der Waals surface area contributed by atoms with Gasteiger partial charge in [0, 0.05) is 11.3 Å². The van der Waals surface area contributed by atoms with Gasteiger partial charge in [-0.15, -0.1) is 0 Å². The van der Waals surface area contributed by atoms with Crippen molar-refractivity contribution >= 4 is 17.2 Å². The quantitative estimate of drug-likeness (QED) is 0.857. The molecule has 4 saturated carbocycles. The van der Waals surface area contributed by atoms with E-state index in [1.807, 2.05) is 18.2 Å². The first-order chi connectivity index (χ1) is 9.98. The van der Waals surface area contributed by atoms with Crippen molar-refractivity contribution in [3.8, 4) is 0 Å². The Labute approximate surface area is 128 Å². The maximum atomic E-state index is 13.5. The van der Waals surface area contributed by atoms with Crippen molar-refractivity contribution in [1.82, 2.24) is 0 Å². The molecule has 4 aliphatic rings. The molecule has 0 aliphatic heterocycles. The molecule has 1 aromatic carbocycles. The second kappa shape index (κ2) is 4.25. The van der Waals surface area contributed by atoms with E-state index in [2.05, 4.69) is 12.1 Å². The summed E-state index contributed by atoms with van der Waals surface area (Å²) in [6.07, 6.45) is 1.08. The highest BCUT2D eigenvalue weighted by Gasteiger charge is 2.70. The molecular formula is C17H19F2NS. The zero-order chi connectivity index (χ0) is 14.8. The van der Waals surface area contributed by atoms with E-state index in [0.29, 0.717) is 4.99 Å². The van der Waals surface area contributed by atoms with Gasteiger partial charge in [0.1, 0.15) is 0 Å². The minimum Gasteiger partial charge on any atom is -0.393 e. The molecule has 0 aromatic heterocycles. The number of alkyl halides is 2. The zero-order valence-corrected chi connectivity index (χ0v) is 12.6. The van der Waals surface area contributed by atoms with Gasteiger partial charge in [-0.1, -0.05) is 42.5 Å². The summed E-state index contributed by atoms with van der Waals surface area (Å²) in [7, 11) is 0. The molecule has 1 nitrogen and oxygen atoms in total. The molecular weight excluding hydrogens is 288 g/mol. The van der Waals surface area contributed by atoms with Crippen molar-refractivity contribution in [2.24, 2.45) is 28.9 Å². The van der Waals surface area contributed by atoms with Crippen LogP contribution in [0.2, 0.25) is 0 Å². The Morgan fingerprint density at radius 2 is 1.90 bits per heavy atom. The number of rotatable bonds is 3. The lowest BCUT2D eigenvalue weighted by Gasteiger charge is -2.43. The van der Waals surface area contributed by atoms with Crippen LogP contribution in [0.3, 0.4) is 0 Å². The fraction of sp³-hybridized carbons (Fsp3) is 0.588. The van der Waals surface area contributed by atoms with Gasteiger partial charge in [-0.3, -0.25) is 0 Å². The third kappa shape index (κ3) is 1.63. The highest BCUT2D eigenvalue weighted by atomic mass is 32.1. The van der Waals surface area contributed by atoms with Gasteiger partial charge in [-0.05, 0) is 48.5 Å². The average molecular weight is 307 g/mol. The third-order valence-electron chi connectivity index (χ3n) is 6.43. The van der Waals surface area contributed by atoms with Gasteiger partial charge in [0.15, 0.2) is 0 Å². The number of hydrogen-bond acceptors (Lipinski definition) is 1. The minimum absolute atomic E-state index is 0.0175. The molecule has 5 unspecified atom stereocenters. The smallest absolute Gasteiger partial charge is 0.242 e. The molecule has 1 aromatic rings. The lowest BCUT2D eigenvalue weighted by atomic mass is 9.62. The topological polar surface area (TPSA) is 26.0 Å². The number of benzene rings is 1. The van der Waals surface area contributed by atoms with Gasteiger partial charge in [0.25, 0.3) is 0 Å². The highest BCUT2D eigenvalue weighted by molar-refractivity contribution is 7.80. The van der Waals surface area contributed by atoms with Crippen LogP contribution >= 0.6 is 12.2 Å². The number of nitrogens with two attached hydrogens (primary N) is 1. The monoisotopic (exact) mass is 307 g/mol. The maximum Gasteiger partial charge on any atom is 0.242 e. The lowest BCUT2D eigenvalue weighted by Crippen LogP contribution is -2.40. The summed E-state index contributed by atoms with van der Waals surface area (Å²) in [5.74, 6) is -0.473. The maximum absolute atomic E-state index is 13.5. The second-order valence-corrected chi connectivity index (χ2v) is 7.67. The van der Waals surface area contributed by atoms with Gasteiger partial charge in [0.05, 0.1) is 4.99 Å². The van der Waals surface area contributed by atoms with Crippen LogP contribution in [0.25, 0.3) is 0 Å². The van der Waals surface area contributed by atoms with Crippen LogP contribution < -0.4 is 5.73 Å². The van der Waals surface area contributed by atoms with Gasteiger partial charge >= 0.3 is 0 Å². The molecule has 0 spiro atoms. The SMILES string of the molecule is NC(=S)C12CC3CC(c4ccccc4)(CC1C3C(F)F)C2. The van der Waals surface area contributed by atoms with Crippen LogP contribution in [-0.2, 0) is 5.41 Å². The van der Waals surface area contributed by atoms with Crippen LogP contribution in [-0.4, -0.2) is 11.4 Å². The molecule has 5 atom stereocenters. The molecule has 4 bridgehead atoms. The number of thiocarbonyl (C=S) groups is 1. The molecule has 0 radical (unpaired) electrons. The largest absolute Gasteiger partial charge is 0.393 e. The molecule has 0 heterocycles. The fourth-order valence-electron chi connectivity index (χ4n) is 5.83. The molecule has 4 heteroatoms. The predicted molar refractivity (Wildman–Crippen MR) is 82.3 cm³/mol. The standard InChI is InChI=1S/C17H19F2NS/c18-14(19)13-10-6-16(11-4-2-1-3-5-11)8-12(13)17(7-10,9-16)15(20)21/h1-5,10,12-14H,6-9H2,(H2,20,21). The molecule has 0 amide bonds. The predicted octanol–water partition coefficient (Wildman–Crippen LogP) is 3.91. The summed E-state index contributed by atoms with van der Waals surface area (Å²) < 4.78 is 27.1. The van der Waals surface area contributed by atoms with Gasteiger partial charge in [0.2, 0.25) is 6.43 Å². The summed E-state index contributed by atoms with van der Waals surface area (Å²) in [5.41, 5.74) is 7.02. The van der Waals surface area contributed by atoms with Crippen LogP contribution in [0, 0.1) is 23.2 Å². The number of hydrogen-bond donors (Lipinski definition) is 1. The van der Waals surface area contributed by atoms with Crippen molar-refractivity contribution in [1.29, 1.82) is 0 Å². The van der Waals surface area contributed by atoms with E-state index in [1.165, 1.54) is 5.56 Å². The molecule has 0 saturated heterocycles. The van der Waals surface area contributed by atoms with E-state index in [1.54, 1.807) is 0 Å². The molecule has 5 rings (SSSR count). The summed E-state index contributed by atoms with van der Waals surface area (Å²) in [6, 6.07) is 10.3. The zero-order valence-electron chi connectivity index (χ0n) is 11.8. The van der Waals surface area contributed by atoms with E-state index in [-0.39, 0.29) is 22.7 Å². The highest BCUT2D eigenvalue weighted by Crippen LogP contribution is 2.73. The van der Waals surface area contributed by atoms with Crippen LogP contribution in [0.5, 0.6) is 0 Å². The molecule has 112 valence electrons. The number of halogens is 2. The normalized spacial score (nSPS) is 43.7. The van der Waals surface area contributed by atoms with Crippen molar-refractivity contribution in [3.63, 3.8) is 0 Å². The Kier molecular flexibility index (Phi) is 2.76. The summed E-state index contributed by atoms with van der Waals surface area (Å²) in [6.45, 7) is 0. The van der Waals surface area contributed by atoms with E-state index in [4.69, 9.17) is 18.0 Å². The lowest BCUT2D eigenvalue weighted by molar-refractivity contribution is 0.00403. The Balaban J connectivity index is 1.80. The minimum atomic E-state index is -2.25. The Hall–Kier alpha value is -1.03.